The first kappa shape index (κ1) is 37.3. The molecule has 0 unspecified atom stereocenters. The third kappa shape index (κ3) is 5.76. The van der Waals surface area contributed by atoms with Gasteiger partial charge in [-0.15, -0.1) is 0 Å². The predicted octanol–water partition coefficient (Wildman–Crippen LogP) is 7.00. The number of para-hydroxylation sites is 1. The highest BCUT2D eigenvalue weighted by Crippen LogP contribution is 2.64. The number of amides is 2. The lowest BCUT2D eigenvalue weighted by atomic mass is 9.44. The second kappa shape index (κ2) is 14.2. The largest absolute Gasteiger partial charge is 0.491 e. The van der Waals surface area contributed by atoms with Gasteiger partial charge in [0.2, 0.25) is 0 Å². The number of ether oxygens (including phenoxy) is 1. The van der Waals surface area contributed by atoms with Crippen LogP contribution in [0.5, 0.6) is 5.75 Å². The van der Waals surface area contributed by atoms with Crippen molar-refractivity contribution >= 4 is 46.4 Å². The zero-order valence-corrected chi connectivity index (χ0v) is 30.7. The Kier molecular flexibility index (Phi) is 9.45. The number of imide groups is 1. The summed E-state index contributed by atoms with van der Waals surface area (Å²) in [4.78, 5) is 63.1. The van der Waals surface area contributed by atoms with E-state index in [2.05, 4.69) is 4.98 Å². The van der Waals surface area contributed by atoms with Crippen molar-refractivity contribution in [3.8, 4) is 5.75 Å². The van der Waals surface area contributed by atoms with Crippen LogP contribution in [0.1, 0.15) is 41.1 Å². The number of hydrogen-bond donors (Lipinski definition) is 1. The lowest BCUT2D eigenvalue weighted by molar-refractivity contribution is -0.141. The number of anilines is 1. The topological polar surface area (TPSA) is 117 Å². The van der Waals surface area contributed by atoms with Crippen LogP contribution in [0.25, 0.3) is 5.57 Å². The number of aromatic nitrogens is 1. The first-order valence-corrected chi connectivity index (χ1v) is 18.6. The normalized spacial score (nSPS) is 25.9. The summed E-state index contributed by atoms with van der Waals surface area (Å²) in [6.45, 7) is -0.337. The van der Waals surface area contributed by atoms with Gasteiger partial charge in [-0.2, -0.15) is 18.2 Å². The number of Topliss-reactive ketones (excluding diaryl/α,β-unsaturated/α-hetero) is 1. The number of allylic oxidation sites excluding steroid dienone is 4. The number of benzene rings is 3. The SMILES string of the molecule is CN(c1nc(C(F)(F)F)ccc1Cl)N1C(=O)[C@H]2[C@H](CC=C3[C@H]2C[C@H]2C(=O)C(c4ccccc4)=CC(=O)[C@@]2(c2ccccc2)[C@H]3c2ccccc2OCCO)C1=O. The molecule has 2 fully saturated rings. The highest BCUT2D eigenvalue weighted by molar-refractivity contribution is 6.33. The standard InChI is InChI=1S/C43H35ClF3N3O6/c1-49(39-32(44)18-19-34(48-39)43(45,46)47)50-40(54)28-17-16-26-30(36(28)41(50)55)22-31-38(53)29(24-10-4-2-5-11-24)23-35(52)42(31,25-12-6-3-7-13-25)37(26)27-14-8-9-15-33(27)56-21-20-51/h2-16,18-19,23,28,30-31,36-37,51H,17,20-22H2,1H3/t28-,30+,31-,36-,37+,42-/m0/s1. The summed E-state index contributed by atoms with van der Waals surface area (Å²) in [6.07, 6.45) is -1.42. The minimum Gasteiger partial charge on any atom is -0.491 e. The van der Waals surface area contributed by atoms with E-state index >= 15 is 9.59 Å². The Balaban J connectivity index is 1.31. The number of alkyl halides is 3. The molecule has 3 aromatic carbocycles. The third-order valence-electron chi connectivity index (χ3n) is 11.7. The number of aliphatic hydroxyl groups excluding tert-OH is 1. The number of rotatable bonds is 8. The zero-order chi connectivity index (χ0) is 39.5. The zero-order valence-electron chi connectivity index (χ0n) is 29.9. The number of nitrogens with zero attached hydrogens (tertiary/aromatic N) is 3. The highest BCUT2D eigenvalue weighted by atomic mass is 35.5. The number of carbonyl (C=O) groups is 4. The molecule has 0 spiro atoms. The molecule has 2 heterocycles. The first-order valence-electron chi connectivity index (χ1n) is 18.2. The Bertz CT molecular complexity index is 2320. The molecular weight excluding hydrogens is 747 g/mol. The Labute approximate surface area is 325 Å². The van der Waals surface area contributed by atoms with Crippen LogP contribution in [0.3, 0.4) is 0 Å². The molecule has 3 aliphatic carbocycles. The lowest BCUT2D eigenvalue weighted by Crippen LogP contribution is -2.59. The summed E-state index contributed by atoms with van der Waals surface area (Å²) in [7, 11) is 1.26. The minimum absolute atomic E-state index is 0.0198. The summed E-state index contributed by atoms with van der Waals surface area (Å²) in [5, 5.41) is 11.3. The van der Waals surface area contributed by atoms with Gasteiger partial charge in [0.05, 0.1) is 28.9 Å². The fourth-order valence-corrected chi connectivity index (χ4v) is 9.64. The predicted molar refractivity (Wildman–Crippen MR) is 200 cm³/mol. The van der Waals surface area contributed by atoms with Crippen LogP contribution in [0.15, 0.2) is 115 Å². The molecule has 1 saturated heterocycles. The van der Waals surface area contributed by atoms with E-state index in [1.807, 2.05) is 30.3 Å². The molecule has 4 aliphatic rings. The van der Waals surface area contributed by atoms with Crippen molar-refractivity contribution in [2.24, 2.45) is 23.7 Å². The van der Waals surface area contributed by atoms with Crippen LogP contribution in [-0.4, -0.2) is 58.7 Å². The monoisotopic (exact) mass is 781 g/mol. The highest BCUT2D eigenvalue weighted by Gasteiger charge is 2.66. The van der Waals surface area contributed by atoms with Gasteiger partial charge in [0.1, 0.15) is 18.1 Å². The van der Waals surface area contributed by atoms with E-state index in [4.69, 9.17) is 16.3 Å². The molecule has 56 heavy (non-hydrogen) atoms. The van der Waals surface area contributed by atoms with Crippen molar-refractivity contribution in [2.75, 3.05) is 25.3 Å². The molecule has 1 aliphatic heterocycles. The number of fused-ring (bicyclic) bond motifs is 4. The van der Waals surface area contributed by atoms with E-state index in [0.29, 0.717) is 34.1 Å². The molecule has 9 nitrogen and oxygen atoms in total. The third-order valence-corrected chi connectivity index (χ3v) is 12.0. The maximum Gasteiger partial charge on any atom is 0.433 e. The van der Waals surface area contributed by atoms with Gasteiger partial charge in [-0.05, 0) is 54.2 Å². The molecule has 13 heteroatoms. The van der Waals surface area contributed by atoms with Gasteiger partial charge >= 0.3 is 6.18 Å². The molecule has 286 valence electrons. The van der Waals surface area contributed by atoms with Gasteiger partial charge < -0.3 is 9.84 Å². The molecule has 2 amide bonds. The Morgan fingerprint density at radius 2 is 1.59 bits per heavy atom. The van der Waals surface area contributed by atoms with Crippen molar-refractivity contribution in [2.45, 2.75) is 30.4 Å². The molecule has 0 radical (unpaired) electrons. The van der Waals surface area contributed by atoms with Gasteiger partial charge in [-0.3, -0.25) is 24.2 Å². The summed E-state index contributed by atoms with van der Waals surface area (Å²) < 4.78 is 47.2. The molecule has 4 aromatic rings. The van der Waals surface area contributed by atoms with Crippen molar-refractivity contribution in [3.63, 3.8) is 0 Å². The van der Waals surface area contributed by atoms with Gasteiger partial charge in [0.25, 0.3) is 11.8 Å². The second-order valence-corrected chi connectivity index (χ2v) is 14.8. The summed E-state index contributed by atoms with van der Waals surface area (Å²) in [6, 6.07) is 26.7. The van der Waals surface area contributed by atoms with E-state index < -0.39 is 64.5 Å². The van der Waals surface area contributed by atoms with Crippen LogP contribution >= 0.6 is 11.6 Å². The van der Waals surface area contributed by atoms with Crippen molar-refractivity contribution < 1.29 is 42.2 Å². The summed E-state index contributed by atoms with van der Waals surface area (Å²) >= 11 is 6.33. The average Bonchev–Trinajstić information content (AvgIpc) is 3.46. The average molecular weight is 782 g/mol. The van der Waals surface area contributed by atoms with Crippen LogP contribution in [0.4, 0.5) is 19.0 Å². The van der Waals surface area contributed by atoms with Crippen molar-refractivity contribution in [3.05, 3.63) is 142 Å². The van der Waals surface area contributed by atoms with Gasteiger partial charge in [-0.1, -0.05) is 102 Å². The molecule has 8 rings (SSSR count). The van der Waals surface area contributed by atoms with Crippen LogP contribution in [0, 0.1) is 23.7 Å². The minimum atomic E-state index is -4.82. The number of hydrogen-bond acceptors (Lipinski definition) is 8. The van der Waals surface area contributed by atoms with Crippen LogP contribution < -0.4 is 9.75 Å². The molecular formula is C43H35ClF3N3O6. The van der Waals surface area contributed by atoms with Gasteiger partial charge in [-0.25, -0.2) is 4.98 Å². The number of halogens is 4. The van der Waals surface area contributed by atoms with Crippen LogP contribution in [-0.2, 0) is 30.8 Å². The second-order valence-electron chi connectivity index (χ2n) is 14.4. The molecule has 1 N–H and O–H groups in total. The fourth-order valence-electron chi connectivity index (χ4n) is 9.41. The number of ketones is 2. The van der Waals surface area contributed by atoms with Crippen molar-refractivity contribution in [1.29, 1.82) is 0 Å². The smallest absolute Gasteiger partial charge is 0.433 e. The van der Waals surface area contributed by atoms with Gasteiger partial charge in [0.15, 0.2) is 17.4 Å². The number of pyridine rings is 1. The molecule has 0 bridgehead atoms. The quantitative estimate of drug-likeness (QED) is 0.150. The summed E-state index contributed by atoms with van der Waals surface area (Å²) in [5.74, 6) is -6.60. The van der Waals surface area contributed by atoms with E-state index in [-0.39, 0.29) is 48.2 Å². The van der Waals surface area contributed by atoms with E-state index in [1.54, 1.807) is 60.7 Å². The van der Waals surface area contributed by atoms with E-state index in [1.165, 1.54) is 13.1 Å². The Hall–Kier alpha value is -5.59. The lowest BCUT2D eigenvalue weighted by Gasteiger charge is -2.55. The number of carbonyl (C=O) groups excluding carboxylic acids is 4. The molecule has 1 saturated carbocycles. The van der Waals surface area contributed by atoms with E-state index in [0.717, 1.165) is 16.1 Å². The molecule has 6 atom stereocenters. The Morgan fingerprint density at radius 3 is 2.29 bits per heavy atom. The maximum atomic E-state index is 15.3. The Morgan fingerprint density at radius 1 is 0.911 bits per heavy atom. The number of hydrazine groups is 1. The van der Waals surface area contributed by atoms with E-state index in [9.17, 15) is 27.9 Å². The molecule has 1 aromatic heterocycles. The van der Waals surface area contributed by atoms with Crippen molar-refractivity contribution in [1.82, 2.24) is 9.99 Å². The maximum absolute atomic E-state index is 15.3. The fraction of sp³-hybridized carbons (Fsp3) is 0.279. The van der Waals surface area contributed by atoms with Crippen LogP contribution in [0.2, 0.25) is 5.02 Å². The summed E-state index contributed by atoms with van der Waals surface area (Å²) in [5.41, 5.74) is -0.142. The first-order chi connectivity index (χ1) is 26.9. The van der Waals surface area contributed by atoms with Gasteiger partial charge in [0, 0.05) is 30.0 Å². The number of aliphatic hydroxyl groups is 1.